The molecule has 23 heavy (non-hydrogen) atoms. The van der Waals surface area contributed by atoms with Crippen molar-refractivity contribution in [3.8, 4) is 5.75 Å². The average Bonchev–Trinajstić information content (AvgIpc) is 2.96. The molecule has 1 heterocycles. The number of ether oxygens (including phenoxy) is 1. The van der Waals surface area contributed by atoms with Crippen LogP contribution in [0.4, 0.5) is 5.13 Å². The molecule has 0 spiro atoms. The van der Waals surface area contributed by atoms with Crippen molar-refractivity contribution in [2.75, 3.05) is 11.9 Å². The predicted octanol–water partition coefficient (Wildman–Crippen LogP) is 4.95. The van der Waals surface area contributed by atoms with Crippen molar-refractivity contribution in [2.45, 2.75) is 32.6 Å². The van der Waals surface area contributed by atoms with Gasteiger partial charge in [-0.25, -0.2) is 4.98 Å². The minimum absolute atomic E-state index is 0.0764. The molecule has 0 aliphatic rings. The lowest BCUT2D eigenvalue weighted by Gasteiger charge is -2.09. The van der Waals surface area contributed by atoms with Crippen molar-refractivity contribution in [1.82, 2.24) is 4.98 Å². The van der Waals surface area contributed by atoms with Gasteiger partial charge in [0.2, 0.25) is 5.91 Å². The Morgan fingerprint density at radius 2 is 2.04 bits per heavy atom. The highest BCUT2D eigenvalue weighted by Gasteiger charge is 2.07. The smallest absolute Gasteiger partial charge is 0.226 e. The molecule has 2 rings (SSSR count). The van der Waals surface area contributed by atoms with Crippen molar-refractivity contribution >= 4 is 45.6 Å². The van der Waals surface area contributed by atoms with Crippen LogP contribution in [0.2, 0.25) is 5.02 Å². The van der Waals surface area contributed by atoms with Crippen molar-refractivity contribution < 1.29 is 9.53 Å². The zero-order valence-electron chi connectivity index (χ0n) is 13.0. The molecule has 1 aromatic heterocycles. The second kappa shape index (κ2) is 8.52. The molecule has 124 valence electrons. The normalized spacial score (nSPS) is 10.6. The van der Waals surface area contributed by atoms with Gasteiger partial charge in [0.15, 0.2) is 5.13 Å². The van der Waals surface area contributed by atoms with Crippen LogP contribution in [0.15, 0.2) is 17.5 Å². The first-order valence-electron chi connectivity index (χ1n) is 7.19. The van der Waals surface area contributed by atoms with Crippen LogP contribution in [-0.4, -0.2) is 17.5 Å². The summed E-state index contributed by atoms with van der Waals surface area (Å²) in [6.45, 7) is 4.36. The number of halogens is 2. The molecule has 0 atom stereocenters. The monoisotopic (exact) mass is 372 g/mol. The van der Waals surface area contributed by atoms with Crippen LogP contribution in [0, 0.1) is 13.8 Å². The summed E-state index contributed by atoms with van der Waals surface area (Å²) >= 11 is 13.2. The first-order chi connectivity index (χ1) is 11.0. The van der Waals surface area contributed by atoms with Gasteiger partial charge in [-0.05, 0) is 43.5 Å². The summed E-state index contributed by atoms with van der Waals surface area (Å²) in [5.74, 6) is 1.05. The SMILES string of the molecule is Cc1cc(OCCCC(=O)Nc2nc(CCl)cs2)cc(C)c1Cl. The Morgan fingerprint density at radius 1 is 1.35 bits per heavy atom. The molecule has 0 saturated carbocycles. The van der Waals surface area contributed by atoms with Gasteiger partial charge in [-0.2, -0.15) is 0 Å². The van der Waals surface area contributed by atoms with Gasteiger partial charge in [0.05, 0.1) is 18.2 Å². The fraction of sp³-hybridized carbons (Fsp3) is 0.375. The van der Waals surface area contributed by atoms with Gasteiger partial charge in [-0.3, -0.25) is 4.79 Å². The van der Waals surface area contributed by atoms with Crippen LogP contribution in [-0.2, 0) is 10.7 Å². The summed E-state index contributed by atoms with van der Waals surface area (Å²) in [5, 5.41) is 5.93. The molecule has 0 aliphatic heterocycles. The van der Waals surface area contributed by atoms with Crippen LogP contribution in [0.5, 0.6) is 5.75 Å². The summed E-state index contributed by atoms with van der Waals surface area (Å²) < 4.78 is 5.68. The molecule has 1 N–H and O–H groups in total. The third-order valence-electron chi connectivity index (χ3n) is 3.16. The second-order valence-electron chi connectivity index (χ2n) is 5.15. The summed E-state index contributed by atoms with van der Waals surface area (Å²) in [7, 11) is 0. The van der Waals surface area contributed by atoms with Crippen molar-refractivity contribution in [1.29, 1.82) is 0 Å². The number of carbonyl (C=O) groups is 1. The Bertz CT molecular complexity index is 665. The van der Waals surface area contributed by atoms with Gasteiger partial charge >= 0.3 is 0 Å². The molecule has 0 aliphatic carbocycles. The number of nitrogens with zero attached hydrogens (tertiary/aromatic N) is 1. The maximum absolute atomic E-state index is 11.8. The molecule has 1 aromatic carbocycles. The third-order valence-corrected chi connectivity index (χ3v) is 4.84. The fourth-order valence-corrected chi connectivity index (χ4v) is 3.08. The minimum atomic E-state index is -0.0764. The molecule has 7 heteroatoms. The minimum Gasteiger partial charge on any atom is -0.494 e. The number of aryl methyl sites for hydroxylation is 2. The standard InChI is InChI=1S/C16H18Cl2N2O2S/c1-10-6-13(7-11(2)15(10)18)22-5-3-4-14(21)20-16-19-12(8-17)9-23-16/h6-7,9H,3-5,8H2,1-2H3,(H,19,20,21). The second-order valence-corrected chi connectivity index (χ2v) is 6.65. The number of amides is 1. The van der Waals surface area contributed by atoms with Gasteiger partial charge in [0.1, 0.15) is 5.75 Å². The average molecular weight is 373 g/mol. The number of aromatic nitrogens is 1. The van der Waals surface area contributed by atoms with Gasteiger partial charge < -0.3 is 10.1 Å². The number of hydrogen-bond donors (Lipinski definition) is 1. The maximum atomic E-state index is 11.8. The van der Waals surface area contributed by atoms with E-state index in [1.54, 1.807) is 0 Å². The Kier molecular flexibility index (Phi) is 6.69. The van der Waals surface area contributed by atoms with E-state index < -0.39 is 0 Å². The number of rotatable bonds is 7. The van der Waals surface area contributed by atoms with E-state index in [9.17, 15) is 4.79 Å². The molecule has 4 nitrogen and oxygen atoms in total. The topological polar surface area (TPSA) is 51.2 Å². The Labute approximate surface area is 149 Å². The molecule has 0 unspecified atom stereocenters. The van der Waals surface area contributed by atoms with Crippen molar-refractivity contribution in [2.24, 2.45) is 0 Å². The summed E-state index contributed by atoms with van der Waals surface area (Å²) in [6.07, 6.45) is 1.00. The van der Waals surface area contributed by atoms with Gasteiger partial charge in [-0.1, -0.05) is 11.6 Å². The van der Waals surface area contributed by atoms with Crippen LogP contribution < -0.4 is 10.1 Å². The van der Waals surface area contributed by atoms with E-state index in [2.05, 4.69) is 10.3 Å². The number of hydrogen-bond acceptors (Lipinski definition) is 4. The number of alkyl halides is 1. The van der Waals surface area contributed by atoms with E-state index in [1.165, 1.54) is 11.3 Å². The Morgan fingerprint density at radius 3 is 2.65 bits per heavy atom. The number of thiazole rings is 1. The van der Waals surface area contributed by atoms with Gasteiger partial charge in [-0.15, -0.1) is 22.9 Å². The summed E-state index contributed by atoms with van der Waals surface area (Å²) in [4.78, 5) is 16.0. The van der Waals surface area contributed by atoms with E-state index in [0.717, 1.165) is 27.6 Å². The first kappa shape index (κ1) is 18.0. The van der Waals surface area contributed by atoms with Crippen LogP contribution in [0.1, 0.15) is 29.7 Å². The van der Waals surface area contributed by atoms with Crippen LogP contribution >= 0.6 is 34.5 Å². The molecule has 2 aromatic rings. The third kappa shape index (κ3) is 5.37. The summed E-state index contributed by atoms with van der Waals surface area (Å²) in [5.41, 5.74) is 2.74. The van der Waals surface area contributed by atoms with E-state index in [-0.39, 0.29) is 5.91 Å². The molecule has 0 radical (unpaired) electrons. The van der Waals surface area contributed by atoms with Crippen molar-refractivity contribution in [3.05, 3.63) is 39.4 Å². The highest BCUT2D eigenvalue weighted by molar-refractivity contribution is 7.13. The first-order valence-corrected chi connectivity index (χ1v) is 8.98. The highest BCUT2D eigenvalue weighted by Crippen LogP contribution is 2.26. The van der Waals surface area contributed by atoms with E-state index >= 15 is 0 Å². The lowest BCUT2D eigenvalue weighted by molar-refractivity contribution is -0.116. The number of carbonyl (C=O) groups excluding carboxylic acids is 1. The molecule has 0 bridgehead atoms. The van der Waals surface area contributed by atoms with Crippen molar-refractivity contribution in [3.63, 3.8) is 0 Å². The molecule has 0 fully saturated rings. The van der Waals surface area contributed by atoms with E-state index in [0.29, 0.717) is 30.5 Å². The lowest BCUT2D eigenvalue weighted by Crippen LogP contribution is -2.12. The number of nitrogens with one attached hydrogen (secondary N) is 1. The van der Waals surface area contributed by atoms with E-state index in [4.69, 9.17) is 27.9 Å². The predicted molar refractivity (Wildman–Crippen MR) is 96.0 cm³/mol. The maximum Gasteiger partial charge on any atom is 0.226 e. The van der Waals surface area contributed by atoms with Crippen LogP contribution in [0.3, 0.4) is 0 Å². The quantitative estimate of drug-likeness (QED) is 0.552. The molecule has 0 saturated heterocycles. The summed E-state index contributed by atoms with van der Waals surface area (Å²) in [6, 6.07) is 3.80. The fourth-order valence-electron chi connectivity index (χ4n) is 2.02. The van der Waals surface area contributed by atoms with E-state index in [1.807, 2.05) is 31.4 Å². The molecule has 1 amide bonds. The largest absolute Gasteiger partial charge is 0.494 e. The van der Waals surface area contributed by atoms with Gasteiger partial charge in [0.25, 0.3) is 0 Å². The molecular weight excluding hydrogens is 355 g/mol. The number of benzene rings is 1. The number of anilines is 1. The zero-order valence-corrected chi connectivity index (χ0v) is 15.3. The Balaban J connectivity index is 1.73. The lowest BCUT2D eigenvalue weighted by atomic mass is 10.1. The highest BCUT2D eigenvalue weighted by atomic mass is 35.5. The Hall–Kier alpha value is -1.30. The molecular formula is C16H18Cl2N2O2S. The van der Waals surface area contributed by atoms with Crippen LogP contribution in [0.25, 0.3) is 0 Å². The van der Waals surface area contributed by atoms with Gasteiger partial charge in [0, 0.05) is 16.8 Å². The zero-order chi connectivity index (χ0) is 16.8.